The van der Waals surface area contributed by atoms with Crippen LogP contribution in [0.5, 0.6) is 0 Å². The monoisotopic (exact) mass is 250 g/mol. The van der Waals surface area contributed by atoms with E-state index in [0.29, 0.717) is 4.99 Å². The molecule has 0 bridgehead atoms. The Morgan fingerprint density at radius 1 is 1.41 bits per heavy atom. The van der Waals surface area contributed by atoms with Gasteiger partial charge in [0.1, 0.15) is 0 Å². The Morgan fingerprint density at radius 2 is 2.12 bits per heavy atom. The summed E-state index contributed by atoms with van der Waals surface area (Å²) < 4.78 is 5.36. The van der Waals surface area contributed by atoms with Gasteiger partial charge >= 0.3 is 0 Å². The van der Waals surface area contributed by atoms with E-state index in [1.165, 1.54) is 11.1 Å². The van der Waals surface area contributed by atoms with Crippen LogP contribution in [-0.2, 0) is 4.74 Å². The van der Waals surface area contributed by atoms with E-state index in [0.717, 1.165) is 26.3 Å². The van der Waals surface area contributed by atoms with Crippen molar-refractivity contribution in [3.63, 3.8) is 0 Å². The summed E-state index contributed by atoms with van der Waals surface area (Å²) >= 11 is 5.22. The Kier molecular flexibility index (Phi) is 4.10. The van der Waals surface area contributed by atoms with Crippen molar-refractivity contribution in [3.8, 4) is 0 Å². The Labute approximate surface area is 108 Å². The van der Waals surface area contributed by atoms with Crippen molar-refractivity contribution in [2.75, 3.05) is 26.3 Å². The molecule has 1 heterocycles. The second-order valence-electron chi connectivity index (χ2n) is 4.37. The zero-order valence-corrected chi connectivity index (χ0v) is 10.9. The molecule has 1 aromatic carbocycles. The van der Waals surface area contributed by atoms with Gasteiger partial charge in [-0.1, -0.05) is 42.0 Å². The maximum absolute atomic E-state index is 5.90. The van der Waals surface area contributed by atoms with Crippen LogP contribution in [0.3, 0.4) is 0 Å². The third-order valence-electron chi connectivity index (χ3n) is 3.04. The molecule has 92 valence electrons. The van der Waals surface area contributed by atoms with E-state index in [1.807, 2.05) is 0 Å². The molecule has 1 unspecified atom stereocenters. The molecular weight excluding hydrogens is 232 g/mol. The van der Waals surface area contributed by atoms with Gasteiger partial charge in [-0.15, -0.1) is 0 Å². The first-order valence-electron chi connectivity index (χ1n) is 5.86. The second kappa shape index (κ2) is 5.58. The molecule has 1 aliphatic rings. The number of nitrogens with zero attached hydrogens (tertiary/aromatic N) is 1. The minimum atomic E-state index is 0.0359. The molecule has 1 atom stereocenters. The van der Waals surface area contributed by atoms with Gasteiger partial charge in [-0.05, 0) is 12.5 Å². The van der Waals surface area contributed by atoms with Crippen molar-refractivity contribution < 1.29 is 4.74 Å². The Bertz CT molecular complexity index is 402. The molecule has 3 nitrogen and oxygen atoms in total. The van der Waals surface area contributed by atoms with Gasteiger partial charge in [0, 0.05) is 13.1 Å². The lowest BCUT2D eigenvalue weighted by molar-refractivity contribution is 0.0289. The minimum Gasteiger partial charge on any atom is -0.392 e. The topological polar surface area (TPSA) is 38.5 Å². The average molecular weight is 250 g/mol. The number of rotatable bonds is 3. The maximum Gasteiger partial charge on any atom is 0.0948 e. The first-order chi connectivity index (χ1) is 8.18. The van der Waals surface area contributed by atoms with Crippen LogP contribution in [-0.4, -0.2) is 36.2 Å². The fourth-order valence-electron chi connectivity index (χ4n) is 2.23. The van der Waals surface area contributed by atoms with Crippen molar-refractivity contribution in [2.45, 2.75) is 13.0 Å². The van der Waals surface area contributed by atoms with E-state index >= 15 is 0 Å². The van der Waals surface area contributed by atoms with E-state index in [9.17, 15) is 0 Å². The van der Waals surface area contributed by atoms with Gasteiger partial charge in [-0.2, -0.15) is 0 Å². The number of aryl methyl sites for hydroxylation is 1. The molecule has 0 radical (unpaired) electrons. The number of benzene rings is 1. The van der Waals surface area contributed by atoms with Crippen LogP contribution in [0.25, 0.3) is 0 Å². The van der Waals surface area contributed by atoms with E-state index in [1.54, 1.807) is 0 Å². The number of ether oxygens (including phenoxy) is 1. The molecule has 2 N–H and O–H groups in total. The average Bonchev–Trinajstić information content (AvgIpc) is 2.30. The number of thiocarbonyl (C=S) groups is 1. The van der Waals surface area contributed by atoms with Crippen molar-refractivity contribution in [3.05, 3.63) is 35.4 Å². The summed E-state index contributed by atoms with van der Waals surface area (Å²) in [6.07, 6.45) is 0. The minimum absolute atomic E-state index is 0.0359. The molecule has 2 rings (SSSR count). The van der Waals surface area contributed by atoms with Crippen LogP contribution in [0.2, 0.25) is 0 Å². The second-order valence-corrected chi connectivity index (χ2v) is 4.84. The molecule has 17 heavy (non-hydrogen) atoms. The van der Waals surface area contributed by atoms with Crippen LogP contribution < -0.4 is 5.73 Å². The normalized spacial score (nSPS) is 18.9. The predicted octanol–water partition coefficient (Wildman–Crippen LogP) is 1.65. The molecule has 0 amide bonds. The van der Waals surface area contributed by atoms with Gasteiger partial charge in [0.15, 0.2) is 0 Å². The number of nitrogens with two attached hydrogens (primary N) is 1. The lowest BCUT2D eigenvalue weighted by Gasteiger charge is -2.34. The fraction of sp³-hybridized carbons (Fsp3) is 0.462. The summed E-state index contributed by atoms with van der Waals surface area (Å²) in [4.78, 5) is 2.83. The molecule has 0 aromatic heterocycles. The third-order valence-corrected chi connectivity index (χ3v) is 3.26. The van der Waals surface area contributed by atoms with Gasteiger partial charge < -0.3 is 10.5 Å². The molecule has 1 aromatic rings. The van der Waals surface area contributed by atoms with E-state index in [-0.39, 0.29) is 6.04 Å². The van der Waals surface area contributed by atoms with Crippen molar-refractivity contribution in [2.24, 2.45) is 5.73 Å². The highest BCUT2D eigenvalue weighted by atomic mass is 32.1. The lowest BCUT2D eigenvalue weighted by Crippen LogP contribution is -2.43. The number of hydrogen-bond acceptors (Lipinski definition) is 3. The summed E-state index contributed by atoms with van der Waals surface area (Å²) in [6.45, 7) is 5.36. The molecule has 0 aliphatic carbocycles. The first-order valence-corrected chi connectivity index (χ1v) is 6.27. The van der Waals surface area contributed by atoms with Gasteiger partial charge in [-0.25, -0.2) is 0 Å². The van der Waals surface area contributed by atoms with Gasteiger partial charge in [0.05, 0.1) is 24.2 Å². The van der Waals surface area contributed by atoms with Crippen molar-refractivity contribution >= 4 is 17.2 Å². The van der Waals surface area contributed by atoms with Gasteiger partial charge in [0.2, 0.25) is 0 Å². The zero-order valence-electron chi connectivity index (χ0n) is 10.1. The molecule has 1 saturated heterocycles. The molecule has 1 fully saturated rings. The summed E-state index contributed by atoms with van der Waals surface area (Å²) in [5, 5.41) is 0. The van der Waals surface area contributed by atoms with Crippen LogP contribution in [0.1, 0.15) is 17.2 Å². The third kappa shape index (κ3) is 3.03. The lowest BCUT2D eigenvalue weighted by atomic mass is 10.0. The summed E-state index contributed by atoms with van der Waals surface area (Å²) in [7, 11) is 0. The predicted molar refractivity (Wildman–Crippen MR) is 73.1 cm³/mol. The highest BCUT2D eigenvalue weighted by molar-refractivity contribution is 7.80. The largest absolute Gasteiger partial charge is 0.392 e. The molecule has 1 aliphatic heterocycles. The van der Waals surface area contributed by atoms with E-state index in [4.69, 9.17) is 22.7 Å². The Hall–Kier alpha value is -0.970. The number of hydrogen-bond donors (Lipinski definition) is 1. The fourth-order valence-corrected chi connectivity index (χ4v) is 2.52. The molecule has 0 spiro atoms. The summed E-state index contributed by atoms with van der Waals surface area (Å²) in [5.41, 5.74) is 8.31. The quantitative estimate of drug-likeness (QED) is 0.828. The van der Waals surface area contributed by atoms with E-state index in [2.05, 4.69) is 36.1 Å². The van der Waals surface area contributed by atoms with Gasteiger partial charge in [0.25, 0.3) is 0 Å². The smallest absolute Gasteiger partial charge is 0.0948 e. The van der Waals surface area contributed by atoms with Crippen LogP contribution in [0.15, 0.2) is 24.3 Å². The van der Waals surface area contributed by atoms with Crippen LogP contribution >= 0.6 is 12.2 Å². The zero-order chi connectivity index (χ0) is 12.3. The number of morpholine rings is 1. The SMILES string of the molecule is Cc1cccc(C(C(N)=S)N2CCOCC2)c1. The van der Waals surface area contributed by atoms with Gasteiger partial charge in [-0.3, -0.25) is 4.90 Å². The van der Waals surface area contributed by atoms with Crippen molar-refractivity contribution in [1.29, 1.82) is 0 Å². The molecule has 0 saturated carbocycles. The van der Waals surface area contributed by atoms with Crippen LogP contribution in [0, 0.1) is 6.92 Å². The standard InChI is InChI=1S/C13H18N2OS/c1-10-3-2-4-11(9-10)12(13(14)17)15-5-7-16-8-6-15/h2-4,9,12H,5-8H2,1H3,(H2,14,17). The molecule has 4 heteroatoms. The highest BCUT2D eigenvalue weighted by Gasteiger charge is 2.24. The summed E-state index contributed by atoms with van der Waals surface area (Å²) in [6, 6.07) is 8.41. The first kappa shape index (κ1) is 12.5. The molecular formula is C13H18N2OS. The Balaban J connectivity index is 2.25. The Morgan fingerprint density at radius 3 is 2.71 bits per heavy atom. The van der Waals surface area contributed by atoms with Crippen LogP contribution in [0.4, 0.5) is 0 Å². The highest BCUT2D eigenvalue weighted by Crippen LogP contribution is 2.23. The van der Waals surface area contributed by atoms with Crippen molar-refractivity contribution in [1.82, 2.24) is 4.90 Å². The maximum atomic E-state index is 5.90. The van der Waals surface area contributed by atoms with E-state index < -0.39 is 0 Å². The summed E-state index contributed by atoms with van der Waals surface area (Å²) in [5.74, 6) is 0.